The number of aromatic nitrogens is 1. The van der Waals surface area contributed by atoms with Gasteiger partial charge in [-0.25, -0.2) is 4.98 Å². The highest BCUT2D eigenvalue weighted by atomic mass is 16.2. The second-order valence-corrected chi connectivity index (χ2v) is 8.56. The van der Waals surface area contributed by atoms with Gasteiger partial charge in [0.25, 0.3) is 5.91 Å². The highest BCUT2D eigenvalue weighted by Crippen LogP contribution is 2.31. The van der Waals surface area contributed by atoms with E-state index >= 15 is 0 Å². The van der Waals surface area contributed by atoms with E-state index < -0.39 is 0 Å². The molecule has 2 amide bonds. The van der Waals surface area contributed by atoms with Crippen molar-refractivity contribution in [3.63, 3.8) is 0 Å². The molecule has 30 heavy (non-hydrogen) atoms. The van der Waals surface area contributed by atoms with Crippen LogP contribution in [0.5, 0.6) is 0 Å². The molecule has 7 nitrogen and oxygen atoms in total. The molecule has 5 N–H and O–H groups in total. The summed E-state index contributed by atoms with van der Waals surface area (Å²) >= 11 is 0. The fourth-order valence-electron chi connectivity index (χ4n) is 4.32. The van der Waals surface area contributed by atoms with Gasteiger partial charge in [0.15, 0.2) is 0 Å². The first kappa shape index (κ1) is 21.9. The molecule has 1 aromatic heterocycles. The second kappa shape index (κ2) is 9.78. The minimum atomic E-state index is -0.255. The largest absolute Gasteiger partial charge is 0.394 e. The first-order chi connectivity index (χ1) is 14.3. The first-order valence-corrected chi connectivity index (χ1v) is 10.8. The third-order valence-corrected chi connectivity index (χ3v) is 5.99. The number of aryl methyl sites for hydroxylation is 1. The molecule has 0 radical (unpaired) electrons. The van der Waals surface area contributed by atoms with Crippen LogP contribution in [-0.4, -0.2) is 34.8 Å². The van der Waals surface area contributed by atoms with Crippen LogP contribution in [0.2, 0.25) is 0 Å². The molecule has 1 fully saturated rings. The Morgan fingerprint density at radius 1 is 1.20 bits per heavy atom. The number of nitrogens with one attached hydrogen (secondary N) is 1. The van der Waals surface area contributed by atoms with Crippen molar-refractivity contribution < 1.29 is 9.59 Å². The van der Waals surface area contributed by atoms with E-state index in [2.05, 4.69) is 10.3 Å². The quantitative estimate of drug-likeness (QED) is 0.666. The van der Waals surface area contributed by atoms with E-state index in [9.17, 15) is 9.59 Å². The molecular weight excluding hydrogens is 378 g/mol. The van der Waals surface area contributed by atoms with Crippen molar-refractivity contribution in [2.45, 2.75) is 58.9 Å². The zero-order chi connectivity index (χ0) is 21.7. The molecule has 2 heterocycles. The molecule has 0 unspecified atom stereocenters. The van der Waals surface area contributed by atoms with E-state index in [0.29, 0.717) is 24.8 Å². The number of amides is 2. The summed E-state index contributed by atoms with van der Waals surface area (Å²) in [6, 6.07) is 3.56. The van der Waals surface area contributed by atoms with Crippen molar-refractivity contribution in [2.75, 3.05) is 18.8 Å². The fraction of sp³-hybridized carbons (Fsp3) is 0.522. The summed E-state index contributed by atoms with van der Waals surface area (Å²) < 4.78 is 0. The van der Waals surface area contributed by atoms with Gasteiger partial charge in [0.2, 0.25) is 5.91 Å². The van der Waals surface area contributed by atoms with Crippen LogP contribution in [0.15, 0.2) is 35.1 Å². The van der Waals surface area contributed by atoms with Crippen LogP contribution >= 0.6 is 0 Å². The van der Waals surface area contributed by atoms with Gasteiger partial charge in [0.1, 0.15) is 18.1 Å². The Morgan fingerprint density at radius 3 is 2.63 bits per heavy atom. The van der Waals surface area contributed by atoms with Crippen LogP contribution in [0, 0.1) is 12.8 Å². The molecular formula is C23H33N5O2. The van der Waals surface area contributed by atoms with Gasteiger partial charge in [-0.1, -0.05) is 49.8 Å². The number of carbonyl (C=O) groups excluding carboxylic acids is 2. The minimum absolute atomic E-state index is 0.0249. The number of hydrogen-bond donors (Lipinski definition) is 3. The number of nitrogen functional groups attached to an aromatic ring is 1. The first-order valence-electron chi connectivity index (χ1n) is 10.8. The Bertz CT molecular complexity index is 868. The molecule has 1 saturated carbocycles. The van der Waals surface area contributed by atoms with Gasteiger partial charge in [-0.3, -0.25) is 9.59 Å². The molecule has 1 aliphatic carbocycles. The van der Waals surface area contributed by atoms with Gasteiger partial charge in [-0.05, 0) is 43.4 Å². The predicted octanol–water partition coefficient (Wildman–Crippen LogP) is 2.56. The fourth-order valence-corrected chi connectivity index (χ4v) is 4.32. The van der Waals surface area contributed by atoms with Crippen LogP contribution < -0.4 is 16.8 Å². The number of nitrogens with two attached hydrogens (primary N) is 2. The van der Waals surface area contributed by atoms with Crippen LogP contribution in [-0.2, 0) is 16.1 Å². The molecule has 1 aromatic rings. The molecule has 1 aliphatic heterocycles. The normalized spacial score (nSPS) is 18.3. The highest BCUT2D eigenvalue weighted by molar-refractivity contribution is 5.96. The van der Waals surface area contributed by atoms with Gasteiger partial charge >= 0.3 is 0 Å². The van der Waals surface area contributed by atoms with Crippen molar-refractivity contribution in [3.8, 4) is 0 Å². The average molecular weight is 412 g/mol. The number of anilines is 1. The van der Waals surface area contributed by atoms with E-state index in [4.69, 9.17) is 11.5 Å². The lowest BCUT2D eigenvalue weighted by molar-refractivity contribution is -0.132. The van der Waals surface area contributed by atoms with Crippen molar-refractivity contribution in [1.82, 2.24) is 15.2 Å². The molecule has 0 saturated heterocycles. The Labute approximate surface area is 178 Å². The molecule has 3 rings (SSSR count). The lowest BCUT2D eigenvalue weighted by atomic mass is 9.84. The summed E-state index contributed by atoms with van der Waals surface area (Å²) in [6.45, 7) is 4.56. The van der Waals surface area contributed by atoms with Gasteiger partial charge in [-0.2, -0.15) is 0 Å². The molecule has 7 heteroatoms. The average Bonchev–Trinajstić information content (AvgIpc) is 2.80. The van der Waals surface area contributed by atoms with Gasteiger partial charge in [0.05, 0.1) is 0 Å². The molecule has 0 aromatic carbocycles. The summed E-state index contributed by atoms with van der Waals surface area (Å²) in [5, 5.41) is 2.86. The number of pyridine rings is 1. The summed E-state index contributed by atoms with van der Waals surface area (Å²) in [5.74, 6) is 0.562. The molecule has 0 bridgehead atoms. The topological polar surface area (TPSA) is 114 Å². The van der Waals surface area contributed by atoms with Crippen LogP contribution in [0.4, 0.5) is 5.82 Å². The number of nitrogens with zero attached hydrogens (tertiary/aromatic N) is 2. The maximum Gasteiger partial charge on any atom is 0.270 e. The van der Waals surface area contributed by atoms with Crippen LogP contribution in [0.1, 0.15) is 56.7 Å². The lowest BCUT2D eigenvalue weighted by Crippen LogP contribution is -2.42. The second-order valence-electron chi connectivity index (χ2n) is 8.56. The van der Waals surface area contributed by atoms with Crippen LogP contribution in [0.3, 0.4) is 0 Å². The number of carbonyl (C=O) groups is 2. The predicted molar refractivity (Wildman–Crippen MR) is 118 cm³/mol. The monoisotopic (exact) mass is 411 g/mol. The number of hydrogen-bond acceptors (Lipinski definition) is 5. The Morgan fingerprint density at radius 2 is 1.93 bits per heavy atom. The minimum Gasteiger partial charge on any atom is -0.394 e. The molecule has 2 aliphatic rings. The molecule has 0 spiro atoms. The van der Waals surface area contributed by atoms with Gasteiger partial charge in [-0.15, -0.1) is 0 Å². The molecule has 162 valence electrons. The summed E-state index contributed by atoms with van der Waals surface area (Å²) in [4.78, 5) is 31.2. The smallest absolute Gasteiger partial charge is 0.270 e. The standard InChI is InChI=1S/C23H33N5O2/c1-15-10-19(11-17-6-4-3-5-7-17)22(25)23(30)28(13-15)14-21(29)26-12-18-8-9-20(24)27-16(18)2/h8-10,17H,3-7,11-14,25H2,1-2H3,(H2,24,27)(H,26,29). The lowest BCUT2D eigenvalue weighted by Gasteiger charge is -2.23. The number of rotatable bonds is 6. The Hall–Kier alpha value is -2.83. The van der Waals surface area contributed by atoms with E-state index in [-0.39, 0.29) is 24.1 Å². The number of allylic oxidation sites excluding steroid dienone is 2. The van der Waals surface area contributed by atoms with E-state index in [1.807, 2.05) is 26.0 Å². The van der Waals surface area contributed by atoms with Gasteiger partial charge < -0.3 is 21.7 Å². The van der Waals surface area contributed by atoms with E-state index in [0.717, 1.165) is 28.8 Å². The van der Waals surface area contributed by atoms with Crippen LogP contribution in [0.25, 0.3) is 0 Å². The van der Waals surface area contributed by atoms with Crippen molar-refractivity contribution in [2.24, 2.45) is 11.7 Å². The summed E-state index contributed by atoms with van der Waals surface area (Å²) in [5.41, 5.74) is 15.8. The Kier molecular flexibility index (Phi) is 7.13. The van der Waals surface area contributed by atoms with E-state index in [1.54, 1.807) is 6.07 Å². The summed E-state index contributed by atoms with van der Waals surface area (Å²) in [7, 11) is 0. The third-order valence-electron chi connectivity index (χ3n) is 5.99. The third kappa shape index (κ3) is 5.62. The SMILES string of the molecule is CC1=CC(CC2CCCCC2)=C(N)C(=O)N(CC(=O)NCc2ccc(N)nc2C)C1. The zero-order valence-corrected chi connectivity index (χ0v) is 18.0. The van der Waals surface area contributed by atoms with Crippen molar-refractivity contribution in [3.05, 3.63) is 46.3 Å². The van der Waals surface area contributed by atoms with Gasteiger partial charge in [0, 0.05) is 18.8 Å². The highest BCUT2D eigenvalue weighted by Gasteiger charge is 2.26. The molecule has 0 atom stereocenters. The van der Waals surface area contributed by atoms with Crippen molar-refractivity contribution >= 4 is 17.6 Å². The Balaban J connectivity index is 1.62. The maximum atomic E-state index is 13.0. The van der Waals surface area contributed by atoms with Crippen molar-refractivity contribution in [1.29, 1.82) is 0 Å². The maximum absolute atomic E-state index is 13.0. The summed E-state index contributed by atoms with van der Waals surface area (Å²) in [6.07, 6.45) is 9.09. The van der Waals surface area contributed by atoms with E-state index in [1.165, 1.54) is 37.0 Å². The zero-order valence-electron chi connectivity index (χ0n) is 18.0.